The van der Waals surface area contributed by atoms with E-state index in [9.17, 15) is 14.4 Å². The molecular formula is C15H20N2O6. The summed E-state index contributed by atoms with van der Waals surface area (Å²) in [7, 11) is 1.45. The summed E-state index contributed by atoms with van der Waals surface area (Å²) in [6.07, 6.45) is 0. The Morgan fingerprint density at radius 1 is 1.04 bits per heavy atom. The maximum absolute atomic E-state index is 11.3. The molecule has 0 radical (unpaired) electrons. The minimum atomic E-state index is -1.72. The lowest BCUT2D eigenvalue weighted by Gasteiger charge is -2.30. The van der Waals surface area contributed by atoms with Crippen molar-refractivity contribution in [3.05, 3.63) is 18.2 Å². The van der Waals surface area contributed by atoms with Crippen molar-refractivity contribution < 1.29 is 28.6 Å². The number of nitrogens with one attached hydrogen (secondary N) is 2. The highest BCUT2D eigenvalue weighted by atomic mass is 16.7. The van der Waals surface area contributed by atoms with E-state index >= 15 is 0 Å². The van der Waals surface area contributed by atoms with Crippen LogP contribution in [0.5, 0.6) is 5.75 Å². The molecule has 126 valence electrons. The molecule has 0 aromatic heterocycles. The number of benzene rings is 1. The molecule has 0 aliphatic carbocycles. The van der Waals surface area contributed by atoms with Crippen LogP contribution in [0.4, 0.5) is 11.4 Å². The van der Waals surface area contributed by atoms with E-state index in [-0.39, 0.29) is 5.91 Å². The summed E-state index contributed by atoms with van der Waals surface area (Å²) in [4.78, 5) is 33.7. The highest BCUT2D eigenvalue weighted by Gasteiger charge is 2.32. The van der Waals surface area contributed by atoms with Crippen molar-refractivity contribution in [1.29, 1.82) is 0 Å². The Balaban J connectivity index is 3.16. The number of amides is 1. The van der Waals surface area contributed by atoms with Gasteiger partial charge in [0.2, 0.25) is 5.91 Å². The van der Waals surface area contributed by atoms with Crippen molar-refractivity contribution in [3.8, 4) is 5.75 Å². The van der Waals surface area contributed by atoms with Crippen LogP contribution in [0.25, 0.3) is 0 Å². The van der Waals surface area contributed by atoms with E-state index in [2.05, 4.69) is 10.6 Å². The summed E-state index contributed by atoms with van der Waals surface area (Å²) in [5, 5.41) is 5.40. The number of hydrogen-bond acceptors (Lipinski definition) is 7. The smallest absolute Gasteiger partial charge is 0.337 e. The summed E-state index contributed by atoms with van der Waals surface area (Å²) in [5.74, 6) is -2.84. The summed E-state index contributed by atoms with van der Waals surface area (Å²) >= 11 is 0. The van der Waals surface area contributed by atoms with Crippen molar-refractivity contribution >= 4 is 29.2 Å². The summed E-state index contributed by atoms with van der Waals surface area (Å²) < 4.78 is 15.3. The third kappa shape index (κ3) is 5.85. The van der Waals surface area contributed by atoms with Gasteiger partial charge in [0.15, 0.2) is 0 Å². The fourth-order valence-corrected chi connectivity index (χ4v) is 1.95. The first-order valence-corrected chi connectivity index (χ1v) is 6.78. The molecule has 1 aromatic rings. The lowest BCUT2D eigenvalue weighted by molar-refractivity contribution is -0.209. The Kier molecular flexibility index (Phi) is 5.94. The highest BCUT2D eigenvalue weighted by Crippen LogP contribution is 2.31. The van der Waals surface area contributed by atoms with E-state index in [4.69, 9.17) is 14.2 Å². The Labute approximate surface area is 134 Å². The number of rotatable bonds is 6. The molecule has 1 amide bonds. The predicted molar refractivity (Wildman–Crippen MR) is 82.9 cm³/mol. The number of esters is 2. The Hall–Kier alpha value is -2.77. The fourth-order valence-electron chi connectivity index (χ4n) is 1.95. The topological polar surface area (TPSA) is 103 Å². The van der Waals surface area contributed by atoms with E-state index in [0.717, 1.165) is 0 Å². The molecule has 0 unspecified atom stereocenters. The molecule has 8 nitrogen and oxygen atoms in total. The highest BCUT2D eigenvalue weighted by molar-refractivity contribution is 5.89. The first kappa shape index (κ1) is 18.3. The molecule has 0 saturated heterocycles. The number of carbonyl (C=O) groups excluding carboxylic acids is 3. The van der Waals surface area contributed by atoms with Gasteiger partial charge in [-0.15, -0.1) is 0 Å². The van der Waals surface area contributed by atoms with Crippen LogP contribution in [-0.2, 0) is 23.9 Å². The van der Waals surface area contributed by atoms with Gasteiger partial charge in [-0.25, -0.2) is 0 Å². The molecule has 1 rings (SSSR count). The third-order valence-corrected chi connectivity index (χ3v) is 2.56. The van der Waals surface area contributed by atoms with Crippen molar-refractivity contribution in [2.24, 2.45) is 0 Å². The molecule has 0 atom stereocenters. The van der Waals surface area contributed by atoms with Gasteiger partial charge in [-0.1, -0.05) is 0 Å². The van der Waals surface area contributed by atoms with Crippen LogP contribution in [0, 0.1) is 0 Å². The normalized spacial score (nSPS) is 10.5. The summed E-state index contributed by atoms with van der Waals surface area (Å²) in [6.45, 7) is 5.13. The van der Waals surface area contributed by atoms with Gasteiger partial charge in [0.05, 0.1) is 12.8 Å². The molecule has 23 heavy (non-hydrogen) atoms. The Bertz CT molecular complexity index is 598. The zero-order chi connectivity index (χ0) is 17.6. The molecule has 0 saturated carbocycles. The zero-order valence-corrected chi connectivity index (χ0v) is 13.7. The Morgan fingerprint density at radius 3 is 2.04 bits per heavy atom. The number of methoxy groups -OCH3 is 1. The number of anilines is 2. The van der Waals surface area contributed by atoms with Gasteiger partial charge in [-0.3, -0.25) is 14.4 Å². The average molecular weight is 324 g/mol. The second-order valence-electron chi connectivity index (χ2n) is 4.85. The molecule has 0 aliphatic heterocycles. The van der Waals surface area contributed by atoms with Crippen LogP contribution in [0.1, 0.15) is 27.7 Å². The van der Waals surface area contributed by atoms with Gasteiger partial charge in [0.1, 0.15) is 5.75 Å². The lowest BCUT2D eigenvalue weighted by Crippen LogP contribution is -2.43. The lowest BCUT2D eigenvalue weighted by atomic mass is 10.2. The van der Waals surface area contributed by atoms with Gasteiger partial charge in [-0.2, -0.15) is 0 Å². The van der Waals surface area contributed by atoms with Crippen LogP contribution in [0.3, 0.4) is 0 Å². The minimum absolute atomic E-state index is 0.246. The van der Waals surface area contributed by atoms with Crippen LogP contribution < -0.4 is 15.4 Å². The third-order valence-electron chi connectivity index (χ3n) is 2.56. The molecule has 0 fully saturated rings. The van der Waals surface area contributed by atoms with E-state index in [0.29, 0.717) is 17.1 Å². The predicted octanol–water partition coefficient (Wildman–Crippen LogP) is 1.87. The largest absolute Gasteiger partial charge is 0.495 e. The van der Waals surface area contributed by atoms with Crippen molar-refractivity contribution in [3.63, 3.8) is 0 Å². The zero-order valence-electron chi connectivity index (χ0n) is 13.7. The van der Waals surface area contributed by atoms with Crippen LogP contribution in [0.2, 0.25) is 0 Å². The van der Waals surface area contributed by atoms with Gasteiger partial charge in [0, 0.05) is 33.4 Å². The van der Waals surface area contributed by atoms with E-state index < -0.39 is 17.8 Å². The van der Waals surface area contributed by atoms with E-state index in [1.165, 1.54) is 34.8 Å². The quantitative estimate of drug-likeness (QED) is 0.608. The first-order valence-electron chi connectivity index (χ1n) is 6.78. The molecule has 0 spiro atoms. The van der Waals surface area contributed by atoms with Crippen molar-refractivity contribution in [2.75, 3.05) is 17.7 Å². The van der Waals surface area contributed by atoms with Gasteiger partial charge in [-0.05, 0) is 18.2 Å². The van der Waals surface area contributed by atoms with Gasteiger partial charge in [0.25, 0.3) is 0 Å². The molecular weight excluding hydrogens is 304 g/mol. The molecule has 0 bridgehead atoms. The Morgan fingerprint density at radius 2 is 1.61 bits per heavy atom. The van der Waals surface area contributed by atoms with E-state index in [1.54, 1.807) is 18.2 Å². The second kappa shape index (κ2) is 7.48. The van der Waals surface area contributed by atoms with Crippen LogP contribution in [0.15, 0.2) is 18.2 Å². The molecule has 0 aliphatic rings. The van der Waals surface area contributed by atoms with Crippen LogP contribution in [-0.4, -0.2) is 30.9 Å². The maximum Gasteiger partial charge on any atom is 0.337 e. The van der Waals surface area contributed by atoms with E-state index in [1.807, 2.05) is 0 Å². The van der Waals surface area contributed by atoms with Crippen LogP contribution >= 0.6 is 0 Å². The summed E-state index contributed by atoms with van der Waals surface area (Å²) in [6, 6.07) is 4.81. The average Bonchev–Trinajstić information content (AvgIpc) is 2.35. The minimum Gasteiger partial charge on any atom is -0.495 e. The fraction of sp³-hybridized carbons (Fsp3) is 0.400. The molecule has 2 N–H and O–H groups in total. The summed E-state index contributed by atoms with van der Waals surface area (Å²) in [5.41, 5.74) is 0.859. The maximum atomic E-state index is 11.3. The molecule has 8 heteroatoms. The second-order valence-corrected chi connectivity index (χ2v) is 4.85. The van der Waals surface area contributed by atoms with Crippen molar-refractivity contribution in [2.45, 2.75) is 33.6 Å². The SMILES string of the molecule is COc1ccc(NC(C)=O)cc1NC(C)(OC(C)=O)OC(C)=O. The molecule has 1 aromatic carbocycles. The van der Waals surface area contributed by atoms with Gasteiger partial charge < -0.3 is 24.8 Å². The van der Waals surface area contributed by atoms with Gasteiger partial charge >= 0.3 is 17.8 Å². The first-order chi connectivity index (χ1) is 10.6. The molecule has 0 heterocycles. The standard InChI is InChI=1S/C15H20N2O6/c1-9(18)16-12-6-7-14(21-5)13(8-12)17-15(4,22-10(2)19)23-11(3)20/h6-8,17H,1-5H3,(H,16,18). The number of hydrogen-bond donors (Lipinski definition) is 2. The van der Waals surface area contributed by atoms with Crippen molar-refractivity contribution in [1.82, 2.24) is 0 Å². The monoisotopic (exact) mass is 324 g/mol. The number of carbonyl (C=O) groups is 3. The number of ether oxygens (including phenoxy) is 3.